The fraction of sp³-hybridized carbons (Fsp3) is 0.923. The van der Waals surface area contributed by atoms with Gasteiger partial charge in [-0.2, -0.15) is 0 Å². The topological polar surface area (TPSA) is 29.5 Å². The third-order valence-corrected chi connectivity index (χ3v) is 3.03. The summed E-state index contributed by atoms with van der Waals surface area (Å²) in [6.07, 6.45) is 0. The number of hydrogen-bond donors (Lipinski definition) is 0. The summed E-state index contributed by atoms with van der Waals surface area (Å²) in [5.41, 5.74) is -0.274. The fourth-order valence-corrected chi connectivity index (χ4v) is 2.12. The number of hydrogen-bond acceptors (Lipinski definition) is 3. The van der Waals surface area contributed by atoms with E-state index in [2.05, 4.69) is 25.7 Å². The van der Waals surface area contributed by atoms with Crippen molar-refractivity contribution in [1.82, 2.24) is 4.90 Å². The first-order chi connectivity index (χ1) is 7.14. The van der Waals surface area contributed by atoms with Crippen molar-refractivity contribution in [2.24, 2.45) is 5.41 Å². The lowest BCUT2D eigenvalue weighted by Gasteiger charge is -2.45. The molecule has 1 atom stereocenters. The molecule has 0 bridgehead atoms. The predicted molar refractivity (Wildman–Crippen MR) is 65.5 cm³/mol. The molecule has 1 heterocycles. The molecule has 0 aromatic carbocycles. The first kappa shape index (κ1) is 13.7. The SMILES string of the molecule is CC(C)(C)C(=O)C1COCCN1C(C)(C)C. The van der Waals surface area contributed by atoms with Crippen molar-refractivity contribution in [1.29, 1.82) is 0 Å². The summed E-state index contributed by atoms with van der Waals surface area (Å²) < 4.78 is 5.46. The van der Waals surface area contributed by atoms with E-state index >= 15 is 0 Å². The number of ketones is 1. The van der Waals surface area contributed by atoms with Crippen LogP contribution in [0.25, 0.3) is 0 Å². The van der Waals surface area contributed by atoms with Crippen LogP contribution in [0.1, 0.15) is 41.5 Å². The summed E-state index contributed by atoms with van der Waals surface area (Å²) in [6, 6.07) is -0.0891. The molecule has 1 aliphatic heterocycles. The van der Waals surface area contributed by atoms with Crippen LogP contribution in [0.15, 0.2) is 0 Å². The van der Waals surface area contributed by atoms with Crippen LogP contribution in [0.5, 0.6) is 0 Å². The number of ether oxygens (including phenoxy) is 1. The molecule has 94 valence electrons. The van der Waals surface area contributed by atoms with Crippen LogP contribution in [-0.2, 0) is 9.53 Å². The molecule has 0 radical (unpaired) electrons. The molecule has 3 heteroatoms. The van der Waals surface area contributed by atoms with Gasteiger partial charge in [-0.25, -0.2) is 0 Å². The van der Waals surface area contributed by atoms with Crippen LogP contribution in [0, 0.1) is 5.41 Å². The second-order valence-electron chi connectivity index (χ2n) is 6.57. The molecular formula is C13H25NO2. The van der Waals surface area contributed by atoms with E-state index in [1.165, 1.54) is 0 Å². The maximum Gasteiger partial charge on any atom is 0.157 e. The van der Waals surface area contributed by atoms with Crippen LogP contribution >= 0.6 is 0 Å². The van der Waals surface area contributed by atoms with E-state index in [-0.39, 0.29) is 22.8 Å². The maximum atomic E-state index is 12.4. The molecule has 1 aliphatic rings. The van der Waals surface area contributed by atoms with Gasteiger partial charge in [-0.05, 0) is 20.8 Å². The lowest BCUT2D eigenvalue weighted by molar-refractivity contribution is -0.142. The first-order valence-corrected chi connectivity index (χ1v) is 6.03. The number of morpholine rings is 1. The van der Waals surface area contributed by atoms with Crippen LogP contribution in [0.2, 0.25) is 0 Å². The van der Waals surface area contributed by atoms with E-state index in [1.807, 2.05) is 20.8 Å². The van der Waals surface area contributed by atoms with E-state index in [4.69, 9.17) is 4.74 Å². The lowest BCUT2D eigenvalue weighted by atomic mass is 9.84. The highest BCUT2D eigenvalue weighted by atomic mass is 16.5. The van der Waals surface area contributed by atoms with Crippen molar-refractivity contribution in [3.05, 3.63) is 0 Å². The molecule has 0 saturated carbocycles. The Kier molecular flexibility index (Phi) is 3.80. The largest absolute Gasteiger partial charge is 0.378 e. The molecule has 0 aromatic heterocycles. The van der Waals surface area contributed by atoms with Gasteiger partial charge in [0.2, 0.25) is 0 Å². The van der Waals surface area contributed by atoms with Crippen LogP contribution in [0.4, 0.5) is 0 Å². The van der Waals surface area contributed by atoms with Crippen molar-refractivity contribution < 1.29 is 9.53 Å². The fourth-order valence-electron chi connectivity index (χ4n) is 2.12. The van der Waals surface area contributed by atoms with E-state index < -0.39 is 0 Å². The van der Waals surface area contributed by atoms with Crippen molar-refractivity contribution in [2.45, 2.75) is 53.1 Å². The summed E-state index contributed by atoms with van der Waals surface area (Å²) >= 11 is 0. The Hall–Kier alpha value is -0.410. The van der Waals surface area contributed by atoms with E-state index in [0.717, 1.165) is 13.2 Å². The highest BCUT2D eigenvalue weighted by Crippen LogP contribution is 2.26. The van der Waals surface area contributed by atoms with Gasteiger partial charge in [0.25, 0.3) is 0 Å². The third kappa shape index (κ3) is 3.05. The quantitative estimate of drug-likeness (QED) is 0.687. The van der Waals surface area contributed by atoms with Crippen molar-refractivity contribution in [3.63, 3.8) is 0 Å². The molecule has 1 unspecified atom stereocenters. The van der Waals surface area contributed by atoms with E-state index in [1.54, 1.807) is 0 Å². The maximum absolute atomic E-state index is 12.4. The van der Waals surface area contributed by atoms with Gasteiger partial charge in [-0.15, -0.1) is 0 Å². The number of carbonyl (C=O) groups is 1. The highest BCUT2D eigenvalue weighted by Gasteiger charge is 2.39. The van der Waals surface area contributed by atoms with Gasteiger partial charge in [-0.3, -0.25) is 9.69 Å². The predicted octanol–water partition coefficient (Wildman–Crippen LogP) is 2.10. The minimum Gasteiger partial charge on any atom is -0.378 e. The summed E-state index contributed by atoms with van der Waals surface area (Å²) in [5, 5.41) is 0. The summed E-state index contributed by atoms with van der Waals surface area (Å²) in [7, 11) is 0. The zero-order valence-electron chi connectivity index (χ0n) is 11.5. The summed E-state index contributed by atoms with van der Waals surface area (Å²) in [6.45, 7) is 14.5. The third-order valence-electron chi connectivity index (χ3n) is 3.03. The Morgan fingerprint density at radius 3 is 2.19 bits per heavy atom. The first-order valence-electron chi connectivity index (χ1n) is 6.03. The molecule has 0 aliphatic carbocycles. The molecular weight excluding hydrogens is 202 g/mol. The highest BCUT2D eigenvalue weighted by molar-refractivity contribution is 5.89. The van der Waals surface area contributed by atoms with Gasteiger partial charge < -0.3 is 4.74 Å². The number of Topliss-reactive ketones (excluding diaryl/α,β-unsaturated/α-hetero) is 1. The van der Waals surface area contributed by atoms with E-state index in [0.29, 0.717) is 6.61 Å². The zero-order chi connectivity index (χ0) is 12.6. The molecule has 0 N–H and O–H groups in total. The molecule has 1 saturated heterocycles. The minimum absolute atomic E-state index is 0.0232. The van der Waals surface area contributed by atoms with Crippen molar-refractivity contribution >= 4 is 5.78 Å². The molecule has 1 fully saturated rings. The van der Waals surface area contributed by atoms with Crippen molar-refractivity contribution in [2.75, 3.05) is 19.8 Å². The second kappa shape index (κ2) is 4.46. The van der Waals surface area contributed by atoms with Crippen molar-refractivity contribution in [3.8, 4) is 0 Å². The molecule has 3 nitrogen and oxygen atoms in total. The van der Waals surface area contributed by atoms with Gasteiger partial charge in [0.15, 0.2) is 5.78 Å². The van der Waals surface area contributed by atoms with Crippen LogP contribution in [0.3, 0.4) is 0 Å². The standard InChI is InChI=1S/C13H25NO2/c1-12(2,3)11(15)10-9-16-8-7-14(10)13(4,5)6/h10H,7-9H2,1-6H3. The summed E-state index contributed by atoms with van der Waals surface area (Å²) in [5.74, 6) is 0.280. The normalized spacial score (nSPS) is 24.5. The lowest BCUT2D eigenvalue weighted by Crippen LogP contribution is -2.59. The zero-order valence-corrected chi connectivity index (χ0v) is 11.5. The smallest absolute Gasteiger partial charge is 0.157 e. The Morgan fingerprint density at radius 1 is 1.19 bits per heavy atom. The monoisotopic (exact) mass is 227 g/mol. The minimum atomic E-state index is -0.297. The summed E-state index contributed by atoms with van der Waals surface area (Å²) in [4.78, 5) is 14.6. The number of rotatable bonds is 1. The molecule has 0 aromatic rings. The van der Waals surface area contributed by atoms with Gasteiger partial charge in [0, 0.05) is 17.5 Å². The van der Waals surface area contributed by atoms with Gasteiger partial charge in [0.05, 0.1) is 19.3 Å². The van der Waals surface area contributed by atoms with Gasteiger partial charge >= 0.3 is 0 Å². The van der Waals surface area contributed by atoms with Gasteiger partial charge in [-0.1, -0.05) is 20.8 Å². The average Bonchev–Trinajstić information content (AvgIpc) is 2.14. The molecule has 0 amide bonds. The van der Waals surface area contributed by atoms with Gasteiger partial charge in [0.1, 0.15) is 0 Å². The Bertz CT molecular complexity index is 260. The molecule has 0 spiro atoms. The Morgan fingerprint density at radius 2 is 1.75 bits per heavy atom. The van der Waals surface area contributed by atoms with Crippen LogP contribution in [-0.4, -0.2) is 42.0 Å². The molecule has 16 heavy (non-hydrogen) atoms. The number of nitrogens with zero attached hydrogens (tertiary/aromatic N) is 1. The Labute approximate surface area is 99.1 Å². The number of carbonyl (C=O) groups excluding carboxylic acids is 1. The average molecular weight is 227 g/mol. The molecule has 1 rings (SSSR count). The second-order valence-corrected chi connectivity index (χ2v) is 6.57. The van der Waals surface area contributed by atoms with E-state index in [9.17, 15) is 4.79 Å². The Balaban J connectivity index is 2.87. The van der Waals surface area contributed by atoms with Crippen LogP contribution < -0.4 is 0 Å².